The first kappa shape index (κ1) is 14.0. The minimum atomic E-state index is 1.01. The first-order chi connectivity index (χ1) is 10.2. The van der Waals surface area contributed by atoms with E-state index in [1.54, 1.807) is 0 Å². The smallest absolute Gasteiger partial charge is 0.147 e. The maximum absolute atomic E-state index is 4.65. The Morgan fingerprint density at radius 1 is 0.952 bits per heavy atom. The van der Waals surface area contributed by atoms with Gasteiger partial charge in [-0.1, -0.05) is 30.3 Å². The maximum atomic E-state index is 4.65. The van der Waals surface area contributed by atoms with Gasteiger partial charge in [-0.2, -0.15) is 0 Å². The fraction of sp³-hybridized carbons (Fsp3) is 0.412. The normalized spacial score (nSPS) is 16.2. The summed E-state index contributed by atoms with van der Waals surface area (Å²) in [6.07, 6.45) is 1.90. The highest BCUT2D eigenvalue weighted by Crippen LogP contribution is 2.15. The van der Waals surface area contributed by atoms with Gasteiger partial charge in [-0.15, -0.1) is 0 Å². The number of piperazine rings is 1. The number of hydrogen-bond donors (Lipinski definition) is 0. The van der Waals surface area contributed by atoms with Gasteiger partial charge in [-0.25, -0.2) is 4.98 Å². The Hall–Kier alpha value is -1.94. The molecule has 1 saturated heterocycles. The predicted octanol–water partition coefficient (Wildman–Crippen LogP) is 2.42. The van der Waals surface area contributed by atoms with Crippen LogP contribution in [0.5, 0.6) is 0 Å². The predicted molar refractivity (Wildman–Crippen MR) is 85.4 cm³/mol. The van der Waals surface area contributed by atoms with Crippen LogP contribution in [0.4, 0.5) is 5.82 Å². The molecule has 0 amide bonds. The molecule has 0 bridgehead atoms. The summed E-state index contributed by atoms with van der Waals surface area (Å²) >= 11 is 0. The van der Waals surface area contributed by atoms with Gasteiger partial charge in [0, 0.05) is 32.7 Å². The molecular formula is C17H22N4. The van der Waals surface area contributed by atoms with Crippen molar-refractivity contribution >= 4 is 5.82 Å². The SMILES string of the molecule is Cc1ncc(N2CCN(Cc3ccccc3)CC2)nc1C. The molecule has 21 heavy (non-hydrogen) atoms. The van der Waals surface area contributed by atoms with Gasteiger partial charge >= 0.3 is 0 Å². The van der Waals surface area contributed by atoms with Crippen molar-refractivity contribution in [2.75, 3.05) is 31.1 Å². The Bertz CT molecular complexity index is 589. The molecule has 1 aliphatic rings. The van der Waals surface area contributed by atoms with E-state index in [9.17, 15) is 0 Å². The van der Waals surface area contributed by atoms with Crippen molar-refractivity contribution in [1.82, 2.24) is 14.9 Å². The molecule has 0 atom stereocenters. The van der Waals surface area contributed by atoms with E-state index in [1.807, 2.05) is 20.0 Å². The van der Waals surface area contributed by atoms with Crippen molar-refractivity contribution in [2.45, 2.75) is 20.4 Å². The zero-order valence-electron chi connectivity index (χ0n) is 12.8. The van der Waals surface area contributed by atoms with E-state index >= 15 is 0 Å². The summed E-state index contributed by atoms with van der Waals surface area (Å²) in [6.45, 7) is 9.25. The minimum absolute atomic E-state index is 1.01. The standard InChI is InChI=1S/C17H22N4/c1-14-15(2)19-17(12-18-14)21-10-8-20(9-11-21)13-16-6-4-3-5-7-16/h3-7,12H,8-11,13H2,1-2H3. The van der Waals surface area contributed by atoms with Crippen molar-refractivity contribution in [2.24, 2.45) is 0 Å². The Labute approximate surface area is 126 Å². The number of nitrogens with zero attached hydrogens (tertiary/aromatic N) is 4. The fourth-order valence-corrected chi connectivity index (χ4v) is 2.66. The van der Waals surface area contributed by atoms with Gasteiger partial charge in [0.05, 0.1) is 17.6 Å². The summed E-state index contributed by atoms with van der Waals surface area (Å²) in [5.41, 5.74) is 3.43. The molecule has 0 aliphatic carbocycles. The van der Waals surface area contributed by atoms with E-state index in [2.05, 4.69) is 50.1 Å². The van der Waals surface area contributed by atoms with Crippen LogP contribution in [0.3, 0.4) is 0 Å². The summed E-state index contributed by atoms with van der Waals surface area (Å²) < 4.78 is 0. The summed E-state index contributed by atoms with van der Waals surface area (Å²) in [5.74, 6) is 1.01. The first-order valence-electron chi connectivity index (χ1n) is 7.54. The van der Waals surface area contributed by atoms with Gasteiger partial charge in [0.15, 0.2) is 0 Å². The van der Waals surface area contributed by atoms with Crippen LogP contribution in [0.25, 0.3) is 0 Å². The zero-order valence-corrected chi connectivity index (χ0v) is 12.8. The summed E-state index contributed by atoms with van der Waals surface area (Å²) in [7, 11) is 0. The third-order valence-electron chi connectivity index (χ3n) is 4.12. The average molecular weight is 282 g/mol. The highest BCUT2D eigenvalue weighted by Gasteiger charge is 2.18. The molecule has 0 radical (unpaired) electrons. The number of aromatic nitrogens is 2. The lowest BCUT2D eigenvalue weighted by Crippen LogP contribution is -2.46. The molecule has 110 valence electrons. The molecule has 1 aromatic carbocycles. The van der Waals surface area contributed by atoms with E-state index in [4.69, 9.17) is 0 Å². The lowest BCUT2D eigenvalue weighted by Gasteiger charge is -2.35. The van der Waals surface area contributed by atoms with Crippen LogP contribution in [-0.2, 0) is 6.54 Å². The molecule has 0 spiro atoms. The minimum Gasteiger partial charge on any atom is -0.353 e. The second kappa shape index (κ2) is 6.22. The molecular weight excluding hydrogens is 260 g/mol. The second-order valence-corrected chi connectivity index (χ2v) is 5.65. The molecule has 2 heterocycles. The summed E-state index contributed by atoms with van der Waals surface area (Å²) in [4.78, 5) is 13.9. The number of rotatable bonds is 3. The van der Waals surface area contributed by atoms with Gasteiger partial charge in [-0.05, 0) is 19.4 Å². The fourth-order valence-electron chi connectivity index (χ4n) is 2.66. The highest BCUT2D eigenvalue weighted by molar-refractivity contribution is 5.38. The van der Waals surface area contributed by atoms with E-state index in [1.165, 1.54) is 5.56 Å². The van der Waals surface area contributed by atoms with Crippen LogP contribution in [0.2, 0.25) is 0 Å². The molecule has 1 aliphatic heterocycles. The highest BCUT2D eigenvalue weighted by atomic mass is 15.3. The second-order valence-electron chi connectivity index (χ2n) is 5.65. The maximum Gasteiger partial charge on any atom is 0.147 e. The Morgan fingerprint density at radius 2 is 1.67 bits per heavy atom. The zero-order chi connectivity index (χ0) is 14.7. The molecule has 0 saturated carbocycles. The van der Waals surface area contributed by atoms with Crippen LogP contribution in [0.15, 0.2) is 36.5 Å². The molecule has 0 unspecified atom stereocenters. The summed E-state index contributed by atoms with van der Waals surface area (Å²) in [5, 5.41) is 0. The van der Waals surface area contributed by atoms with Crippen LogP contribution < -0.4 is 4.90 Å². The van der Waals surface area contributed by atoms with Gasteiger partial charge in [0.25, 0.3) is 0 Å². The number of hydrogen-bond acceptors (Lipinski definition) is 4. The third-order valence-corrected chi connectivity index (χ3v) is 4.12. The third kappa shape index (κ3) is 3.39. The van der Waals surface area contributed by atoms with Crippen molar-refractivity contribution in [3.63, 3.8) is 0 Å². The molecule has 4 nitrogen and oxygen atoms in total. The lowest BCUT2D eigenvalue weighted by atomic mass is 10.2. The van der Waals surface area contributed by atoms with Crippen LogP contribution in [0.1, 0.15) is 17.0 Å². The lowest BCUT2D eigenvalue weighted by molar-refractivity contribution is 0.249. The van der Waals surface area contributed by atoms with Crippen molar-refractivity contribution in [1.29, 1.82) is 0 Å². The Balaban J connectivity index is 1.58. The first-order valence-corrected chi connectivity index (χ1v) is 7.54. The largest absolute Gasteiger partial charge is 0.353 e. The number of aryl methyl sites for hydroxylation is 2. The van der Waals surface area contributed by atoms with E-state index in [0.717, 1.165) is 49.9 Å². The molecule has 0 N–H and O–H groups in total. The molecule has 3 rings (SSSR count). The Morgan fingerprint density at radius 3 is 2.33 bits per heavy atom. The van der Waals surface area contributed by atoms with E-state index < -0.39 is 0 Å². The van der Waals surface area contributed by atoms with Crippen molar-refractivity contribution in [3.8, 4) is 0 Å². The van der Waals surface area contributed by atoms with Gasteiger partial charge < -0.3 is 4.90 Å². The van der Waals surface area contributed by atoms with E-state index in [-0.39, 0.29) is 0 Å². The van der Waals surface area contributed by atoms with Crippen LogP contribution in [-0.4, -0.2) is 41.0 Å². The average Bonchev–Trinajstić information content (AvgIpc) is 2.52. The quantitative estimate of drug-likeness (QED) is 0.865. The van der Waals surface area contributed by atoms with Crippen molar-refractivity contribution < 1.29 is 0 Å². The van der Waals surface area contributed by atoms with Gasteiger partial charge in [0.2, 0.25) is 0 Å². The Kier molecular flexibility index (Phi) is 4.15. The molecule has 4 heteroatoms. The summed E-state index contributed by atoms with van der Waals surface area (Å²) in [6, 6.07) is 10.7. The van der Waals surface area contributed by atoms with E-state index in [0.29, 0.717) is 0 Å². The molecule has 1 fully saturated rings. The van der Waals surface area contributed by atoms with Crippen LogP contribution in [0, 0.1) is 13.8 Å². The number of anilines is 1. The molecule has 2 aromatic rings. The van der Waals surface area contributed by atoms with Gasteiger partial charge in [0.1, 0.15) is 5.82 Å². The van der Waals surface area contributed by atoms with Crippen molar-refractivity contribution in [3.05, 3.63) is 53.5 Å². The van der Waals surface area contributed by atoms with Gasteiger partial charge in [-0.3, -0.25) is 9.88 Å². The number of benzene rings is 1. The monoisotopic (exact) mass is 282 g/mol. The van der Waals surface area contributed by atoms with Crippen LogP contribution >= 0.6 is 0 Å². The molecule has 1 aromatic heterocycles. The topological polar surface area (TPSA) is 32.3 Å².